The summed E-state index contributed by atoms with van der Waals surface area (Å²) in [7, 11) is 0. The molecule has 0 radical (unpaired) electrons. The molecule has 5 rings (SSSR count). The number of hydrogen-bond acceptors (Lipinski definition) is 6. The highest BCUT2D eigenvalue weighted by Gasteiger charge is 2.40. The molecule has 1 aromatic heterocycles. The highest BCUT2D eigenvalue weighted by molar-refractivity contribution is 5.96. The van der Waals surface area contributed by atoms with Crippen LogP contribution in [-0.4, -0.2) is 51.8 Å². The van der Waals surface area contributed by atoms with Crippen molar-refractivity contribution in [2.45, 2.75) is 45.2 Å². The SMILES string of the molecule is CC1(C)c2nc(-c3ccc(F)cc3)c(Nc3ccc(F)cc3)n2CCN1CC(=O)NC(=O)CCNC(=O)CCc1ccccc1. The van der Waals surface area contributed by atoms with Gasteiger partial charge in [-0.25, -0.2) is 13.8 Å². The molecule has 0 bridgehead atoms. The Bertz CT molecular complexity index is 1650. The van der Waals surface area contributed by atoms with Crippen molar-refractivity contribution in [2.24, 2.45) is 0 Å². The first-order valence-corrected chi connectivity index (χ1v) is 14.9. The van der Waals surface area contributed by atoms with Crippen molar-refractivity contribution in [3.8, 4) is 11.3 Å². The van der Waals surface area contributed by atoms with Gasteiger partial charge in [0.2, 0.25) is 17.7 Å². The Morgan fingerprint density at radius 2 is 1.49 bits per heavy atom. The number of nitrogens with one attached hydrogen (secondary N) is 3. The highest BCUT2D eigenvalue weighted by atomic mass is 19.1. The molecule has 3 aromatic carbocycles. The Hall–Kier alpha value is -4.90. The van der Waals surface area contributed by atoms with Crippen LogP contribution >= 0.6 is 0 Å². The Kier molecular flexibility index (Phi) is 9.68. The number of carbonyl (C=O) groups is 3. The number of amides is 3. The molecule has 2 heterocycles. The van der Waals surface area contributed by atoms with Crippen LogP contribution in [0.5, 0.6) is 0 Å². The molecule has 0 aliphatic carbocycles. The van der Waals surface area contributed by atoms with Gasteiger partial charge in [0.1, 0.15) is 29.0 Å². The molecule has 0 spiro atoms. The Balaban J connectivity index is 1.21. The van der Waals surface area contributed by atoms with E-state index in [2.05, 4.69) is 16.0 Å². The summed E-state index contributed by atoms with van der Waals surface area (Å²) in [6.45, 7) is 4.95. The van der Waals surface area contributed by atoms with Gasteiger partial charge in [0, 0.05) is 43.7 Å². The number of benzene rings is 3. The van der Waals surface area contributed by atoms with E-state index in [-0.39, 0.29) is 37.1 Å². The average Bonchev–Trinajstić information content (AvgIpc) is 3.39. The lowest BCUT2D eigenvalue weighted by atomic mass is 9.99. The molecule has 0 saturated carbocycles. The van der Waals surface area contributed by atoms with Gasteiger partial charge in [-0.1, -0.05) is 30.3 Å². The van der Waals surface area contributed by atoms with Crippen molar-refractivity contribution in [3.63, 3.8) is 0 Å². The number of aryl methyl sites for hydroxylation is 1. The summed E-state index contributed by atoms with van der Waals surface area (Å²) in [6, 6.07) is 21.7. The van der Waals surface area contributed by atoms with Crippen molar-refractivity contribution in [1.29, 1.82) is 0 Å². The number of imidazole rings is 1. The fraction of sp³-hybridized carbons (Fsp3) is 0.294. The molecule has 234 valence electrons. The standard InChI is InChI=1S/C34H36F2N6O3/c1-34(2)33-40-31(24-9-11-25(35)12-10-24)32(38-27-15-13-26(36)14-16-27)42(33)21-20-41(34)22-30(45)39-29(44)18-19-37-28(43)17-8-23-6-4-3-5-7-23/h3-7,9-16,38H,8,17-22H2,1-2H3,(H,37,43)(H,39,44,45). The molecule has 11 heteroatoms. The van der Waals surface area contributed by atoms with Gasteiger partial charge in [0.15, 0.2) is 0 Å². The summed E-state index contributed by atoms with van der Waals surface area (Å²) in [4.78, 5) is 44.4. The van der Waals surface area contributed by atoms with Crippen molar-refractivity contribution in [3.05, 3.63) is 102 Å². The van der Waals surface area contributed by atoms with E-state index in [0.717, 1.165) is 5.56 Å². The third-order valence-corrected chi connectivity index (χ3v) is 7.89. The predicted molar refractivity (Wildman–Crippen MR) is 167 cm³/mol. The van der Waals surface area contributed by atoms with Gasteiger partial charge in [0.25, 0.3) is 0 Å². The summed E-state index contributed by atoms with van der Waals surface area (Å²) in [5, 5.41) is 8.51. The maximum Gasteiger partial charge on any atom is 0.240 e. The van der Waals surface area contributed by atoms with Crippen LogP contribution < -0.4 is 16.0 Å². The molecule has 1 aliphatic rings. The number of anilines is 2. The molecule has 45 heavy (non-hydrogen) atoms. The fourth-order valence-electron chi connectivity index (χ4n) is 5.40. The zero-order valence-corrected chi connectivity index (χ0v) is 25.3. The average molecular weight is 615 g/mol. The summed E-state index contributed by atoms with van der Waals surface area (Å²) in [6.07, 6.45) is 0.904. The van der Waals surface area contributed by atoms with Crippen LogP contribution in [0.4, 0.5) is 20.3 Å². The largest absolute Gasteiger partial charge is 0.356 e. The van der Waals surface area contributed by atoms with Crippen molar-refractivity contribution in [2.75, 3.05) is 25.0 Å². The van der Waals surface area contributed by atoms with Crippen LogP contribution in [0, 0.1) is 11.6 Å². The van der Waals surface area contributed by atoms with Gasteiger partial charge in [-0.15, -0.1) is 0 Å². The minimum atomic E-state index is -0.719. The van der Waals surface area contributed by atoms with Gasteiger partial charge in [-0.2, -0.15) is 0 Å². The zero-order valence-electron chi connectivity index (χ0n) is 25.3. The number of hydrogen-bond donors (Lipinski definition) is 3. The van der Waals surface area contributed by atoms with Crippen molar-refractivity contribution in [1.82, 2.24) is 25.1 Å². The Morgan fingerprint density at radius 1 is 0.822 bits per heavy atom. The van der Waals surface area contributed by atoms with Gasteiger partial charge in [-0.3, -0.25) is 24.6 Å². The zero-order chi connectivity index (χ0) is 32.0. The van der Waals surface area contributed by atoms with E-state index >= 15 is 0 Å². The molecule has 3 amide bonds. The minimum absolute atomic E-state index is 0.0178. The van der Waals surface area contributed by atoms with Crippen molar-refractivity contribution < 1.29 is 23.2 Å². The second-order valence-electron chi connectivity index (χ2n) is 11.5. The Morgan fingerprint density at radius 3 is 2.18 bits per heavy atom. The maximum absolute atomic E-state index is 13.7. The fourth-order valence-corrected chi connectivity index (χ4v) is 5.40. The first kappa shape index (κ1) is 31.5. The van der Waals surface area contributed by atoms with E-state index in [9.17, 15) is 23.2 Å². The number of aromatic nitrogens is 2. The molecule has 0 saturated heterocycles. The maximum atomic E-state index is 13.7. The quantitative estimate of drug-likeness (QED) is 0.222. The lowest BCUT2D eigenvalue weighted by molar-refractivity contribution is -0.132. The van der Waals surface area contributed by atoms with E-state index in [1.54, 1.807) is 24.3 Å². The van der Waals surface area contributed by atoms with Crippen LogP contribution in [-0.2, 0) is 32.9 Å². The normalized spacial score (nSPS) is 14.0. The Labute approximate surface area is 260 Å². The molecule has 0 fully saturated rings. The third kappa shape index (κ3) is 7.79. The monoisotopic (exact) mass is 614 g/mol. The highest BCUT2D eigenvalue weighted by Crippen LogP contribution is 2.39. The van der Waals surface area contributed by atoms with E-state index < -0.39 is 17.4 Å². The second kappa shape index (κ2) is 13.8. The predicted octanol–water partition coefficient (Wildman–Crippen LogP) is 4.90. The molecule has 4 aromatic rings. The molecule has 9 nitrogen and oxygen atoms in total. The van der Waals surface area contributed by atoms with Crippen molar-refractivity contribution >= 4 is 29.2 Å². The van der Waals surface area contributed by atoms with Gasteiger partial charge < -0.3 is 15.2 Å². The van der Waals surface area contributed by atoms with E-state index in [0.29, 0.717) is 54.5 Å². The van der Waals surface area contributed by atoms with Gasteiger partial charge >= 0.3 is 0 Å². The molecule has 0 atom stereocenters. The lowest BCUT2D eigenvalue weighted by Crippen LogP contribution is -2.53. The van der Waals surface area contributed by atoms with Gasteiger partial charge in [-0.05, 0) is 74.4 Å². The smallest absolute Gasteiger partial charge is 0.240 e. The summed E-state index contributed by atoms with van der Waals surface area (Å²) < 4.78 is 29.3. The first-order chi connectivity index (χ1) is 21.6. The summed E-state index contributed by atoms with van der Waals surface area (Å²) in [5.41, 5.74) is 2.29. The number of rotatable bonds is 11. The molecule has 0 unspecified atom stereocenters. The number of nitrogens with zero attached hydrogens (tertiary/aromatic N) is 3. The molecule has 1 aliphatic heterocycles. The van der Waals surface area contributed by atoms with Crippen LogP contribution in [0.25, 0.3) is 11.3 Å². The van der Waals surface area contributed by atoms with Crippen LogP contribution in [0.2, 0.25) is 0 Å². The van der Waals surface area contributed by atoms with Crippen LogP contribution in [0.15, 0.2) is 78.9 Å². The first-order valence-electron chi connectivity index (χ1n) is 14.9. The lowest BCUT2D eigenvalue weighted by Gasteiger charge is -2.42. The van der Waals surface area contributed by atoms with Crippen LogP contribution in [0.3, 0.4) is 0 Å². The third-order valence-electron chi connectivity index (χ3n) is 7.89. The number of halogens is 2. The topological polar surface area (TPSA) is 108 Å². The summed E-state index contributed by atoms with van der Waals surface area (Å²) in [5.74, 6) is -0.454. The molecule has 3 N–H and O–H groups in total. The summed E-state index contributed by atoms with van der Waals surface area (Å²) >= 11 is 0. The molecular weight excluding hydrogens is 578 g/mol. The minimum Gasteiger partial charge on any atom is -0.356 e. The molecular formula is C34H36F2N6O3. The van der Waals surface area contributed by atoms with E-state index in [1.165, 1.54) is 24.3 Å². The number of fused-ring (bicyclic) bond motifs is 1. The van der Waals surface area contributed by atoms with E-state index in [1.807, 2.05) is 53.6 Å². The number of imide groups is 1. The number of carbonyl (C=O) groups excluding carboxylic acids is 3. The van der Waals surface area contributed by atoms with Crippen LogP contribution in [0.1, 0.15) is 38.1 Å². The van der Waals surface area contributed by atoms with E-state index in [4.69, 9.17) is 4.98 Å². The second-order valence-corrected chi connectivity index (χ2v) is 11.5. The van der Waals surface area contributed by atoms with Gasteiger partial charge in [0.05, 0.1) is 12.1 Å².